The summed E-state index contributed by atoms with van der Waals surface area (Å²) in [6, 6.07) is 6.11. The highest BCUT2D eigenvalue weighted by Crippen LogP contribution is 2.22. The van der Waals surface area contributed by atoms with E-state index < -0.39 is 0 Å². The lowest BCUT2D eigenvalue weighted by molar-refractivity contribution is 0.410. The van der Waals surface area contributed by atoms with E-state index in [0.717, 1.165) is 23.3 Å². The Labute approximate surface area is 87.4 Å². The zero-order valence-corrected chi connectivity index (χ0v) is 9.52. The SMILES string of the molecule is CCc1cc(NCBr)ccc1OC. The summed E-state index contributed by atoms with van der Waals surface area (Å²) in [5, 5.41) is 3.19. The molecular weight excluding hydrogens is 230 g/mol. The van der Waals surface area contributed by atoms with Crippen molar-refractivity contribution >= 4 is 21.6 Å². The van der Waals surface area contributed by atoms with Gasteiger partial charge in [-0.25, -0.2) is 0 Å². The smallest absolute Gasteiger partial charge is 0.122 e. The first-order valence-electron chi connectivity index (χ1n) is 4.28. The molecule has 0 spiro atoms. The van der Waals surface area contributed by atoms with Crippen molar-refractivity contribution in [3.8, 4) is 5.75 Å². The van der Waals surface area contributed by atoms with Crippen molar-refractivity contribution in [2.24, 2.45) is 0 Å². The average Bonchev–Trinajstić information content (AvgIpc) is 2.18. The van der Waals surface area contributed by atoms with Crippen molar-refractivity contribution in [3.63, 3.8) is 0 Å². The molecule has 3 heteroatoms. The van der Waals surface area contributed by atoms with E-state index in [9.17, 15) is 0 Å². The van der Waals surface area contributed by atoms with Gasteiger partial charge in [0.05, 0.1) is 12.6 Å². The number of hydrogen-bond acceptors (Lipinski definition) is 2. The monoisotopic (exact) mass is 243 g/mol. The van der Waals surface area contributed by atoms with Crippen LogP contribution in [0.15, 0.2) is 18.2 Å². The van der Waals surface area contributed by atoms with Crippen LogP contribution < -0.4 is 10.1 Å². The van der Waals surface area contributed by atoms with Crippen molar-refractivity contribution in [3.05, 3.63) is 23.8 Å². The zero-order chi connectivity index (χ0) is 9.68. The number of hydrogen-bond donors (Lipinski definition) is 1. The minimum absolute atomic E-state index is 0.766. The summed E-state index contributed by atoms with van der Waals surface area (Å²) in [5.74, 6) is 0.961. The van der Waals surface area contributed by atoms with Gasteiger partial charge in [-0.3, -0.25) is 0 Å². The Morgan fingerprint density at radius 2 is 2.23 bits per heavy atom. The fourth-order valence-electron chi connectivity index (χ4n) is 1.24. The highest BCUT2D eigenvalue weighted by Gasteiger charge is 2.01. The van der Waals surface area contributed by atoms with Crippen LogP contribution in [0, 0.1) is 0 Å². The molecule has 0 radical (unpaired) electrons. The number of halogens is 1. The van der Waals surface area contributed by atoms with Gasteiger partial charge in [0.25, 0.3) is 0 Å². The standard InChI is InChI=1S/C10H14BrNO/c1-3-8-6-9(12-7-11)4-5-10(8)13-2/h4-6,12H,3,7H2,1-2H3. The summed E-state index contributed by atoms with van der Waals surface area (Å²) in [7, 11) is 1.70. The molecule has 0 saturated carbocycles. The first-order chi connectivity index (χ1) is 6.31. The van der Waals surface area contributed by atoms with Crippen LogP contribution in [-0.4, -0.2) is 12.6 Å². The van der Waals surface area contributed by atoms with E-state index in [1.807, 2.05) is 12.1 Å². The van der Waals surface area contributed by atoms with Crippen LogP contribution in [0.3, 0.4) is 0 Å². The normalized spacial score (nSPS) is 9.77. The van der Waals surface area contributed by atoms with E-state index in [0.29, 0.717) is 0 Å². The molecule has 0 amide bonds. The van der Waals surface area contributed by atoms with Gasteiger partial charge >= 0.3 is 0 Å². The molecule has 2 nitrogen and oxygen atoms in total. The number of nitrogens with one attached hydrogen (secondary N) is 1. The van der Waals surface area contributed by atoms with E-state index >= 15 is 0 Å². The van der Waals surface area contributed by atoms with Crippen LogP contribution >= 0.6 is 15.9 Å². The van der Waals surface area contributed by atoms with Crippen LogP contribution in [-0.2, 0) is 6.42 Å². The van der Waals surface area contributed by atoms with Crippen LogP contribution in [0.2, 0.25) is 0 Å². The molecule has 0 unspecified atom stereocenters. The third-order valence-corrected chi connectivity index (χ3v) is 2.21. The number of alkyl halides is 1. The van der Waals surface area contributed by atoms with Crippen molar-refractivity contribution in [2.45, 2.75) is 13.3 Å². The molecule has 72 valence electrons. The molecule has 0 bridgehead atoms. The maximum Gasteiger partial charge on any atom is 0.122 e. The van der Waals surface area contributed by atoms with Gasteiger partial charge in [-0.15, -0.1) is 0 Å². The second-order valence-corrected chi connectivity index (χ2v) is 3.25. The van der Waals surface area contributed by atoms with E-state index in [1.54, 1.807) is 7.11 Å². The van der Waals surface area contributed by atoms with E-state index in [1.165, 1.54) is 5.56 Å². The van der Waals surface area contributed by atoms with E-state index in [-0.39, 0.29) is 0 Å². The Morgan fingerprint density at radius 1 is 1.46 bits per heavy atom. The number of rotatable bonds is 4. The predicted octanol–water partition coefficient (Wildman–Crippen LogP) is 3.02. The summed E-state index contributed by atoms with van der Waals surface area (Å²) in [6.07, 6.45) is 0.987. The highest BCUT2D eigenvalue weighted by molar-refractivity contribution is 9.09. The molecule has 1 aromatic carbocycles. The molecule has 0 aliphatic rings. The van der Waals surface area contributed by atoms with Crippen molar-refractivity contribution in [2.75, 3.05) is 17.9 Å². The summed E-state index contributed by atoms with van der Waals surface area (Å²) in [5.41, 5.74) is 3.12. The lowest BCUT2D eigenvalue weighted by Crippen LogP contribution is -1.96. The summed E-state index contributed by atoms with van der Waals surface area (Å²) in [6.45, 7) is 2.12. The predicted molar refractivity (Wildman–Crippen MR) is 59.8 cm³/mol. The first-order valence-corrected chi connectivity index (χ1v) is 5.40. The summed E-state index contributed by atoms with van der Waals surface area (Å²) < 4.78 is 5.23. The number of ether oxygens (including phenoxy) is 1. The van der Waals surface area contributed by atoms with Gasteiger partial charge in [-0.1, -0.05) is 22.9 Å². The topological polar surface area (TPSA) is 21.3 Å². The van der Waals surface area contributed by atoms with Crippen LogP contribution in [0.5, 0.6) is 5.75 Å². The van der Waals surface area contributed by atoms with Gasteiger partial charge in [0, 0.05) is 5.69 Å². The molecule has 0 atom stereocenters. The molecule has 1 rings (SSSR count). The number of anilines is 1. The van der Waals surface area contributed by atoms with E-state index in [2.05, 4.69) is 34.2 Å². The average molecular weight is 244 g/mol. The quantitative estimate of drug-likeness (QED) is 0.649. The highest BCUT2D eigenvalue weighted by atomic mass is 79.9. The Kier molecular flexibility index (Phi) is 4.09. The second kappa shape index (κ2) is 5.12. The molecule has 0 aliphatic heterocycles. The van der Waals surface area contributed by atoms with Crippen LogP contribution in [0.1, 0.15) is 12.5 Å². The first kappa shape index (κ1) is 10.4. The number of aryl methyl sites for hydroxylation is 1. The van der Waals surface area contributed by atoms with E-state index in [4.69, 9.17) is 4.74 Å². The minimum Gasteiger partial charge on any atom is -0.496 e. The lowest BCUT2D eigenvalue weighted by atomic mass is 10.1. The maximum atomic E-state index is 5.23. The molecule has 13 heavy (non-hydrogen) atoms. The van der Waals surface area contributed by atoms with Gasteiger partial charge in [0.15, 0.2) is 0 Å². The van der Waals surface area contributed by atoms with Crippen molar-refractivity contribution in [1.29, 1.82) is 0 Å². The Bertz CT molecular complexity index is 276. The number of methoxy groups -OCH3 is 1. The Morgan fingerprint density at radius 3 is 2.77 bits per heavy atom. The molecule has 1 N–H and O–H groups in total. The maximum absolute atomic E-state index is 5.23. The van der Waals surface area contributed by atoms with Crippen LogP contribution in [0.4, 0.5) is 5.69 Å². The van der Waals surface area contributed by atoms with Gasteiger partial charge in [-0.2, -0.15) is 0 Å². The second-order valence-electron chi connectivity index (χ2n) is 2.69. The lowest BCUT2D eigenvalue weighted by Gasteiger charge is -2.09. The molecule has 0 saturated heterocycles. The zero-order valence-electron chi connectivity index (χ0n) is 7.93. The fourth-order valence-corrected chi connectivity index (χ4v) is 1.57. The Balaban J connectivity index is 2.91. The van der Waals surface area contributed by atoms with Crippen molar-refractivity contribution < 1.29 is 4.74 Å². The van der Waals surface area contributed by atoms with Gasteiger partial charge < -0.3 is 10.1 Å². The number of benzene rings is 1. The third kappa shape index (κ3) is 2.62. The Hall–Kier alpha value is -0.700. The molecular formula is C10H14BrNO. The molecule has 0 aliphatic carbocycles. The molecule has 0 heterocycles. The fraction of sp³-hybridized carbons (Fsp3) is 0.400. The molecule has 0 aromatic heterocycles. The minimum atomic E-state index is 0.766. The summed E-state index contributed by atoms with van der Waals surface area (Å²) in [4.78, 5) is 0. The third-order valence-electron chi connectivity index (χ3n) is 1.93. The largest absolute Gasteiger partial charge is 0.496 e. The van der Waals surface area contributed by atoms with Gasteiger partial charge in [0.2, 0.25) is 0 Å². The van der Waals surface area contributed by atoms with Gasteiger partial charge in [-0.05, 0) is 30.2 Å². The van der Waals surface area contributed by atoms with Crippen LogP contribution in [0.25, 0.3) is 0 Å². The van der Waals surface area contributed by atoms with Gasteiger partial charge in [0.1, 0.15) is 5.75 Å². The van der Waals surface area contributed by atoms with Crippen molar-refractivity contribution in [1.82, 2.24) is 0 Å². The summed E-state index contributed by atoms with van der Waals surface area (Å²) >= 11 is 3.33. The molecule has 1 aromatic rings. The molecule has 0 fully saturated rings.